The van der Waals surface area contributed by atoms with Gasteiger partial charge in [-0.1, -0.05) is 0 Å². The van der Waals surface area contributed by atoms with Crippen molar-refractivity contribution in [2.45, 2.75) is 64.5 Å². The molecular weight excluding hydrogens is 188 g/mol. The van der Waals surface area contributed by atoms with Gasteiger partial charge in [-0.3, -0.25) is 4.79 Å². The highest BCUT2D eigenvalue weighted by Gasteiger charge is 2.38. The zero-order chi connectivity index (χ0) is 11.7. The lowest BCUT2D eigenvalue weighted by molar-refractivity contribution is -0.123. The second kappa shape index (κ2) is 4.12. The van der Waals surface area contributed by atoms with Crippen molar-refractivity contribution in [2.24, 2.45) is 11.7 Å². The van der Waals surface area contributed by atoms with E-state index in [1.165, 1.54) is 12.8 Å². The molecule has 1 aliphatic rings. The van der Waals surface area contributed by atoms with Crippen LogP contribution in [0.25, 0.3) is 0 Å². The molecule has 0 radical (unpaired) electrons. The molecule has 1 fully saturated rings. The molecule has 0 aromatic rings. The van der Waals surface area contributed by atoms with Crippen molar-refractivity contribution in [3.8, 4) is 0 Å². The fraction of sp³-hybridized carbons (Fsp3) is 0.917. The Bertz CT molecular complexity index is 236. The van der Waals surface area contributed by atoms with E-state index >= 15 is 0 Å². The molecule has 0 saturated heterocycles. The molecule has 0 heterocycles. The minimum atomic E-state index is -0.249. The summed E-state index contributed by atoms with van der Waals surface area (Å²) in [4.78, 5) is 11.7. The van der Waals surface area contributed by atoms with Gasteiger partial charge in [0.05, 0.1) is 0 Å². The van der Waals surface area contributed by atoms with E-state index in [4.69, 9.17) is 5.73 Å². The first-order valence-corrected chi connectivity index (χ1v) is 5.81. The lowest BCUT2D eigenvalue weighted by Gasteiger charge is -2.27. The summed E-state index contributed by atoms with van der Waals surface area (Å²) in [6.45, 7) is 8.12. The molecule has 1 amide bonds. The number of hydrogen-bond acceptors (Lipinski definition) is 2. The molecule has 1 aliphatic carbocycles. The molecule has 0 bridgehead atoms. The van der Waals surface area contributed by atoms with Gasteiger partial charge in [-0.15, -0.1) is 0 Å². The summed E-state index contributed by atoms with van der Waals surface area (Å²) in [6, 6.07) is 0. The van der Waals surface area contributed by atoms with E-state index in [0.29, 0.717) is 12.3 Å². The van der Waals surface area contributed by atoms with Crippen molar-refractivity contribution in [1.82, 2.24) is 5.32 Å². The van der Waals surface area contributed by atoms with Crippen LogP contribution >= 0.6 is 0 Å². The number of carbonyl (C=O) groups is 1. The highest BCUT2D eigenvalue weighted by atomic mass is 16.1. The number of rotatable bonds is 5. The molecular formula is C12H24N2O. The molecule has 0 atom stereocenters. The fourth-order valence-electron chi connectivity index (χ4n) is 1.76. The first-order chi connectivity index (χ1) is 6.71. The van der Waals surface area contributed by atoms with E-state index < -0.39 is 0 Å². The Morgan fingerprint density at radius 1 is 1.33 bits per heavy atom. The van der Waals surface area contributed by atoms with Gasteiger partial charge in [0.15, 0.2) is 0 Å². The van der Waals surface area contributed by atoms with Gasteiger partial charge in [-0.2, -0.15) is 0 Å². The van der Waals surface area contributed by atoms with Crippen molar-refractivity contribution in [1.29, 1.82) is 0 Å². The van der Waals surface area contributed by atoms with E-state index in [1.807, 2.05) is 13.8 Å². The van der Waals surface area contributed by atoms with Crippen LogP contribution in [0.5, 0.6) is 0 Å². The molecule has 3 N–H and O–H groups in total. The molecule has 1 rings (SSSR count). The minimum Gasteiger partial charge on any atom is -0.351 e. The van der Waals surface area contributed by atoms with Crippen LogP contribution in [0.3, 0.4) is 0 Å². The fourth-order valence-corrected chi connectivity index (χ4v) is 1.76. The Labute approximate surface area is 92.8 Å². The van der Waals surface area contributed by atoms with Crippen LogP contribution in [0.15, 0.2) is 0 Å². The maximum atomic E-state index is 11.7. The lowest BCUT2D eigenvalue weighted by Crippen LogP contribution is -2.46. The lowest BCUT2D eigenvalue weighted by atomic mass is 9.96. The second-order valence-electron chi connectivity index (χ2n) is 6.03. The van der Waals surface area contributed by atoms with E-state index in [0.717, 1.165) is 6.42 Å². The van der Waals surface area contributed by atoms with Crippen LogP contribution in [-0.2, 0) is 4.79 Å². The number of carbonyl (C=O) groups excluding carboxylic acids is 1. The quantitative estimate of drug-likeness (QED) is 0.730. The van der Waals surface area contributed by atoms with Crippen LogP contribution in [-0.4, -0.2) is 17.0 Å². The van der Waals surface area contributed by atoms with Crippen LogP contribution in [0.2, 0.25) is 0 Å². The maximum Gasteiger partial charge on any atom is 0.220 e. The topological polar surface area (TPSA) is 55.1 Å². The molecule has 0 unspecified atom stereocenters. The molecule has 0 spiro atoms. The zero-order valence-corrected chi connectivity index (χ0v) is 10.4. The Hall–Kier alpha value is -0.570. The average molecular weight is 212 g/mol. The van der Waals surface area contributed by atoms with E-state index in [2.05, 4.69) is 19.2 Å². The summed E-state index contributed by atoms with van der Waals surface area (Å²) in [5.41, 5.74) is 5.56. The maximum absolute atomic E-state index is 11.7. The third kappa shape index (κ3) is 4.65. The molecule has 3 heteroatoms. The van der Waals surface area contributed by atoms with Gasteiger partial charge >= 0.3 is 0 Å². The van der Waals surface area contributed by atoms with Crippen molar-refractivity contribution in [3.05, 3.63) is 0 Å². The molecule has 1 saturated carbocycles. The summed E-state index contributed by atoms with van der Waals surface area (Å²) in [6.07, 6.45) is 3.75. The Balaban J connectivity index is 2.29. The number of amides is 1. The molecule has 0 aromatic carbocycles. The largest absolute Gasteiger partial charge is 0.351 e. The van der Waals surface area contributed by atoms with Crippen molar-refractivity contribution in [3.63, 3.8) is 0 Å². The summed E-state index contributed by atoms with van der Waals surface area (Å²) in [7, 11) is 0. The Morgan fingerprint density at radius 2 is 1.87 bits per heavy atom. The van der Waals surface area contributed by atoms with E-state index in [-0.39, 0.29) is 17.0 Å². The normalized spacial score (nSPS) is 17.7. The summed E-state index contributed by atoms with van der Waals surface area (Å²) >= 11 is 0. The molecule has 88 valence electrons. The molecule has 0 aliphatic heterocycles. The third-order valence-electron chi connectivity index (χ3n) is 3.06. The minimum absolute atomic E-state index is 0.0319. The Kier molecular flexibility index (Phi) is 3.44. The van der Waals surface area contributed by atoms with E-state index in [9.17, 15) is 4.79 Å². The average Bonchev–Trinajstić information content (AvgIpc) is 2.80. The van der Waals surface area contributed by atoms with Crippen molar-refractivity contribution < 1.29 is 4.79 Å². The highest BCUT2D eigenvalue weighted by molar-refractivity contribution is 5.76. The first-order valence-electron chi connectivity index (χ1n) is 5.81. The monoisotopic (exact) mass is 212 g/mol. The molecule has 3 nitrogen and oxygen atoms in total. The predicted molar refractivity (Wildman–Crippen MR) is 62.4 cm³/mol. The number of nitrogens with two attached hydrogens (primary N) is 1. The zero-order valence-electron chi connectivity index (χ0n) is 10.4. The predicted octanol–water partition coefficient (Wildman–Crippen LogP) is 1.81. The van der Waals surface area contributed by atoms with Crippen LogP contribution in [0.4, 0.5) is 0 Å². The van der Waals surface area contributed by atoms with Crippen LogP contribution < -0.4 is 11.1 Å². The van der Waals surface area contributed by atoms with Crippen LogP contribution in [0.1, 0.15) is 53.4 Å². The van der Waals surface area contributed by atoms with Gasteiger partial charge in [0, 0.05) is 17.5 Å². The first kappa shape index (κ1) is 12.5. The summed E-state index contributed by atoms with van der Waals surface area (Å²) in [5.74, 6) is 0.803. The van der Waals surface area contributed by atoms with Gasteiger partial charge < -0.3 is 11.1 Å². The Morgan fingerprint density at radius 3 is 2.27 bits per heavy atom. The van der Waals surface area contributed by atoms with Crippen LogP contribution in [0, 0.1) is 5.92 Å². The SMILES string of the molecule is CC(C)(N)CCC(=O)NC(C)(C)C1CC1. The standard InChI is InChI=1S/C12H24N2O/c1-11(2,13)8-7-10(15)14-12(3,4)9-5-6-9/h9H,5-8,13H2,1-4H3,(H,14,15). The van der Waals surface area contributed by atoms with E-state index in [1.54, 1.807) is 0 Å². The third-order valence-corrected chi connectivity index (χ3v) is 3.06. The van der Waals surface area contributed by atoms with Gasteiger partial charge in [0.25, 0.3) is 0 Å². The van der Waals surface area contributed by atoms with Crippen molar-refractivity contribution >= 4 is 5.91 Å². The summed E-state index contributed by atoms with van der Waals surface area (Å²) in [5, 5.41) is 3.10. The highest BCUT2D eigenvalue weighted by Crippen LogP contribution is 2.39. The van der Waals surface area contributed by atoms with Crippen molar-refractivity contribution in [2.75, 3.05) is 0 Å². The molecule has 15 heavy (non-hydrogen) atoms. The van der Waals surface area contributed by atoms with Gasteiger partial charge in [0.1, 0.15) is 0 Å². The van der Waals surface area contributed by atoms with Gasteiger partial charge in [-0.25, -0.2) is 0 Å². The second-order valence-corrected chi connectivity index (χ2v) is 6.03. The number of hydrogen-bond donors (Lipinski definition) is 2. The summed E-state index contributed by atoms with van der Waals surface area (Å²) < 4.78 is 0. The molecule has 0 aromatic heterocycles. The van der Waals surface area contributed by atoms with Gasteiger partial charge in [-0.05, 0) is 52.9 Å². The smallest absolute Gasteiger partial charge is 0.220 e. The number of nitrogens with one attached hydrogen (secondary N) is 1. The van der Waals surface area contributed by atoms with Gasteiger partial charge in [0.2, 0.25) is 5.91 Å².